The molecular formula is C26H43NO5. The van der Waals surface area contributed by atoms with Gasteiger partial charge in [-0.2, -0.15) is 0 Å². The third-order valence-electron chi connectivity index (χ3n) is 11.0. The minimum absolute atomic E-state index is 0.0178. The van der Waals surface area contributed by atoms with Gasteiger partial charge in [0.05, 0.1) is 18.8 Å². The SMILES string of the molecule is C[C@H](CCC(=O)O)[C@H]1CC[C@H]2[C@@H]3[C@@H](O)CC4C[C@@H](O)CC(C(=O)CN)[C@]4(C)[C@H]3CC[C@]12C. The first kappa shape index (κ1) is 24.2. The number of nitrogens with two attached hydrogens (primary N) is 1. The molecule has 0 saturated heterocycles. The number of carboxylic acid groups (broad SMARTS) is 1. The number of ketones is 1. The van der Waals surface area contributed by atoms with Gasteiger partial charge in [0.15, 0.2) is 0 Å². The van der Waals surface area contributed by atoms with Crippen LogP contribution in [0.4, 0.5) is 0 Å². The van der Waals surface area contributed by atoms with Gasteiger partial charge in [0, 0.05) is 12.3 Å². The maximum absolute atomic E-state index is 12.9. The first-order chi connectivity index (χ1) is 15.0. The van der Waals surface area contributed by atoms with Crippen molar-refractivity contribution in [1.29, 1.82) is 0 Å². The minimum atomic E-state index is -0.725. The average molecular weight is 450 g/mol. The van der Waals surface area contributed by atoms with Gasteiger partial charge in [-0.25, -0.2) is 0 Å². The maximum Gasteiger partial charge on any atom is 0.303 e. The number of carbonyl (C=O) groups is 2. The smallest absolute Gasteiger partial charge is 0.303 e. The van der Waals surface area contributed by atoms with Crippen molar-refractivity contribution in [2.24, 2.45) is 58.0 Å². The van der Waals surface area contributed by atoms with Crippen LogP contribution in [-0.4, -0.2) is 45.8 Å². The van der Waals surface area contributed by atoms with Crippen molar-refractivity contribution in [2.45, 2.75) is 90.8 Å². The summed E-state index contributed by atoms with van der Waals surface area (Å²) in [7, 11) is 0. The van der Waals surface area contributed by atoms with Crippen molar-refractivity contribution in [1.82, 2.24) is 0 Å². The van der Waals surface area contributed by atoms with Crippen molar-refractivity contribution >= 4 is 11.8 Å². The van der Waals surface area contributed by atoms with Crippen LogP contribution in [0.25, 0.3) is 0 Å². The molecule has 0 aliphatic heterocycles. The summed E-state index contributed by atoms with van der Waals surface area (Å²) in [4.78, 5) is 24.1. The van der Waals surface area contributed by atoms with E-state index in [1.807, 2.05) is 0 Å². The highest BCUT2D eigenvalue weighted by molar-refractivity contribution is 5.83. The Labute approximate surface area is 192 Å². The number of fused-ring (bicyclic) bond motifs is 5. The van der Waals surface area contributed by atoms with Crippen LogP contribution in [0.5, 0.6) is 0 Å². The third-order valence-corrected chi connectivity index (χ3v) is 11.0. The number of carbonyl (C=O) groups excluding carboxylic acids is 1. The van der Waals surface area contributed by atoms with E-state index in [-0.39, 0.29) is 53.3 Å². The second-order valence-electron chi connectivity index (χ2n) is 12.1. The first-order valence-corrected chi connectivity index (χ1v) is 12.8. The van der Waals surface area contributed by atoms with E-state index in [0.717, 1.165) is 25.7 Å². The standard InChI is InChI=1S/C26H43NO5/c1-14(4-7-23(31)32)17-5-6-18-24-19(8-9-25(17,18)2)26(3)15(11-21(24)29)10-16(28)12-20(26)22(30)13-27/h14-21,24,28-29H,4-13,27H2,1-3H3,(H,31,32)/t14-,15?,16-,17-,18+,19+,20?,21+,24+,25-,26+/m1/s1. The molecular weight excluding hydrogens is 406 g/mol. The molecule has 4 aliphatic rings. The predicted octanol–water partition coefficient (Wildman–Crippen LogP) is 3.23. The van der Waals surface area contributed by atoms with Gasteiger partial charge in [0.25, 0.3) is 0 Å². The van der Waals surface area contributed by atoms with E-state index >= 15 is 0 Å². The lowest BCUT2D eigenvalue weighted by atomic mass is 9.41. The Bertz CT molecular complexity index is 742. The molecule has 11 atom stereocenters. The van der Waals surface area contributed by atoms with Crippen LogP contribution < -0.4 is 5.73 Å². The van der Waals surface area contributed by atoms with Crippen molar-refractivity contribution in [3.8, 4) is 0 Å². The van der Waals surface area contributed by atoms with E-state index in [1.54, 1.807) is 0 Å². The van der Waals surface area contributed by atoms with Gasteiger partial charge in [-0.15, -0.1) is 0 Å². The largest absolute Gasteiger partial charge is 0.481 e. The van der Waals surface area contributed by atoms with Gasteiger partial charge in [-0.1, -0.05) is 20.8 Å². The summed E-state index contributed by atoms with van der Waals surface area (Å²) < 4.78 is 0. The molecule has 32 heavy (non-hydrogen) atoms. The lowest BCUT2D eigenvalue weighted by molar-refractivity contribution is -0.196. The second-order valence-corrected chi connectivity index (χ2v) is 12.1. The van der Waals surface area contributed by atoms with Crippen LogP contribution in [0.15, 0.2) is 0 Å². The molecule has 0 radical (unpaired) electrons. The van der Waals surface area contributed by atoms with E-state index in [1.165, 1.54) is 0 Å². The van der Waals surface area contributed by atoms with Gasteiger partial charge < -0.3 is 21.1 Å². The summed E-state index contributed by atoms with van der Waals surface area (Å²) >= 11 is 0. The first-order valence-electron chi connectivity index (χ1n) is 12.8. The molecule has 0 aromatic rings. The average Bonchev–Trinajstić information content (AvgIpc) is 3.09. The van der Waals surface area contributed by atoms with Gasteiger partial charge in [0.2, 0.25) is 0 Å². The number of hydrogen-bond donors (Lipinski definition) is 4. The van der Waals surface area contributed by atoms with Crippen LogP contribution >= 0.6 is 0 Å². The monoisotopic (exact) mass is 449 g/mol. The Balaban J connectivity index is 1.63. The molecule has 5 N–H and O–H groups in total. The highest BCUT2D eigenvalue weighted by Crippen LogP contribution is 2.69. The molecule has 0 aromatic carbocycles. The van der Waals surface area contributed by atoms with Crippen LogP contribution in [0, 0.1) is 52.3 Å². The zero-order valence-corrected chi connectivity index (χ0v) is 20.0. The summed E-state index contributed by atoms with van der Waals surface area (Å²) in [6.45, 7) is 6.87. The fourth-order valence-electron chi connectivity index (χ4n) is 9.45. The Kier molecular flexibility index (Phi) is 6.54. The molecule has 4 fully saturated rings. The maximum atomic E-state index is 12.9. The zero-order chi connectivity index (χ0) is 23.4. The summed E-state index contributed by atoms with van der Waals surface area (Å²) in [5, 5.41) is 31.1. The minimum Gasteiger partial charge on any atom is -0.481 e. The molecule has 4 rings (SSSR count). The fourth-order valence-corrected chi connectivity index (χ4v) is 9.45. The fraction of sp³-hybridized carbons (Fsp3) is 0.923. The number of hydrogen-bond acceptors (Lipinski definition) is 5. The number of aliphatic carboxylic acids is 1. The van der Waals surface area contributed by atoms with Crippen LogP contribution in [0.1, 0.15) is 78.6 Å². The molecule has 4 aliphatic carbocycles. The molecule has 2 unspecified atom stereocenters. The van der Waals surface area contributed by atoms with E-state index in [2.05, 4.69) is 20.8 Å². The molecule has 0 spiro atoms. The van der Waals surface area contributed by atoms with Gasteiger partial charge >= 0.3 is 5.97 Å². The Morgan fingerprint density at radius 1 is 1.06 bits per heavy atom. The zero-order valence-electron chi connectivity index (χ0n) is 20.0. The number of Topliss-reactive ketones (excluding diaryl/α,β-unsaturated/α-hetero) is 1. The summed E-state index contributed by atoms with van der Waals surface area (Å²) in [5.74, 6) is 0.968. The second kappa shape index (κ2) is 8.66. The van der Waals surface area contributed by atoms with Gasteiger partial charge in [-0.05, 0) is 97.7 Å². The van der Waals surface area contributed by atoms with Crippen LogP contribution in [-0.2, 0) is 9.59 Å². The summed E-state index contributed by atoms with van der Waals surface area (Å²) in [6, 6.07) is 0. The molecule has 0 heterocycles. The van der Waals surface area contributed by atoms with E-state index in [9.17, 15) is 19.8 Å². The topological polar surface area (TPSA) is 121 Å². The van der Waals surface area contributed by atoms with Gasteiger partial charge in [0.1, 0.15) is 5.78 Å². The van der Waals surface area contributed by atoms with Crippen LogP contribution in [0.3, 0.4) is 0 Å². The third kappa shape index (κ3) is 3.65. The van der Waals surface area contributed by atoms with E-state index in [4.69, 9.17) is 10.8 Å². The van der Waals surface area contributed by atoms with Crippen molar-refractivity contribution in [2.75, 3.05) is 6.54 Å². The summed E-state index contributed by atoms with van der Waals surface area (Å²) in [6.07, 6.45) is 6.12. The quantitative estimate of drug-likeness (QED) is 0.494. The molecule has 0 aromatic heterocycles. The summed E-state index contributed by atoms with van der Waals surface area (Å²) in [5.41, 5.74) is 5.71. The van der Waals surface area contributed by atoms with Crippen molar-refractivity contribution < 1.29 is 24.9 Å². The highest BCUT2D eigenvalue weighted by Gasteiger charge is 2.65. The normalized spacial score (nSPS) is 48.9. The van der Waals surface area contributed by atoms with Crippen molar-refractivity contribution in [3.63, 3.8) is 0 Å². The number of carboxylic acids is 1. The predicted molar refractivity (Wildman–Crippen MR) is 122 cm³/mol. The lowest BCUT2D eigenvalue weighted by Gasteiger charge is -2.64. The Morgan fingerprint density at radius 3 is 2.44 bits per heavy atom. The van der Waals surface area contributed by atoms with Crippen LogP contribution in [0.2, 0.25) is 0 Å². The Hall–Kier alpha value is -0.980. The molecule has 6 heteroatoms. The number of rotatable bonds is 6. The highest BCUT2D eigenvalue weighted by atomic mass is 16.4. The van der Waals surface area contributed by atoms with E-state index in [0.29, 0.717) is 43.4 Å². The molecule has 6 nitrogen and oxygen atoms in total. The number of aliphatic hydroxyl groups excluding tert-OH is 2. The van der Waals surface area contributed by atoms with E-state index < -0.39 is 18.2 Å². The van der Waals surface area contributed by atoms with Crippen molar-refractivity contribution in [3.05, 3.63) is 0 Å². The number of aliphatic hydroxyl groups is 2. The molecule has 182 valence electrons. The molecule has 0 amide bonds. The molecule has 4 saturated carbocycles. The van der Waals surface area contributed by atoms with Gasteiger partial charge in [-0.3, -0.25) is 9.59 Å². The lowest BCUT2D eigenvalue weighted by Crippen LogP contribution is -2.62. The molecule has 0 bridgehead atoms. The Morgan fingerprint density at radius 2 is 1.78 bits per heavy atom.